The van der Waals surface area contributed by atoms with Gasteiger partial charge < -0.3 is 20.5 Å². The van der Waals surface area contributed by atoms with E-state index in [2.05, 4.69) is 17.6 Å². The molecule has 0 amide bonds. The van der Waals surface area contributed by atoms with Gasteiger partial charge in [-0.3, -0.25) is 0 Å². The molecule has 1 aliphatic rings. The van der Waals surface area contributed by atoms with E-state index in [1.807, 2.05) is 0 Å². The first-order valence-corrected chi connectivity index (χ1v) is 10.3. The van der Waals surface area contributed by atoms with E-state index in [9.17, 15) is 9.90 Å². The van der Waals surface area contributed by atoms with Crippen molar-refractivity contribution >= 4 is 68.5 Å². The molecular weight excluding hydrogens is 427 g/mol. The Hall–Kier alpha value is -1.54. The molecule has 0 saturated carbocycles. The SMILES string of the molecule is COC(=O)c1c(NC(=S)Nc2cc(Cl)c(O)c(Cl)c2)sc2c1CC[C@H](C)C2. The average Bonchev–Trinajstić information content (AvgIpc) is 2.95. The fourth-order valence-corrected chi connectivity index (χ4v) is 5.23. The first kappa shape index (κ1) is 20.2. The fraction of sp³-hybridized carbons (Fsp3) is 0.333. The second-order valence-corrected chi connectivity index (χ2v) is 8.74. The number of fused-ring (bicyclic) bond motifs is 1. The van der Waals surface area contributed by atoms with Crippen molar-refractivity contribution in [3.05, 3.63) is 38.2 Å². The molecule has 3 rings (SSSR count). The number of hydrogen-bond acceptors (Lipinski definition) is 5. The second kappa shape index (κ2) is 8.22. The maximum absolute atomic E-state index is 12.3. The molecule has 0 aliphatic heterocycles. The van der Waals surface area contributed by atoms with Gasteiger partial charge >= 0.3 is 5.97 Å². The zero-order valence-electron chi connectivity index (χ0n) is 14.7. The maximum Gasteiger partial charge on any atom is 0.341 e. The van der Waals surface area contributed by atoms with Crippen LogP contribution in [0.25, 0.3) is 0 Å². The molecule has 5 nitrogen and oxygen atoms in total. The number of phenolic OH excluding ortho intramolecular Hbond substituents is 1. The number of halogens is 2. The molecule has 2 aromatic rings. The Morgan fingerprint density at radius 1 is 1.33 bits per heavy atom. The van der Waals surface area contributed by atoms with Gasteiger partial charge in [0.05, 0.1) is 22.7 Å². The van der Waals surface area contributed by atoms with Crippen LogP contribution >= 0.6 is 46.8 Å². The topological polar surface area (TPSA) is 70.6 Å². The van der Waals surface area contributed by atoms with Crippen LogP contribution in [0.1, 0.15) is 34.1 Å². The van der Waals surface area contributed by atoms with Crippen LogP contribution in [-0.2, 0) is 17.6 Å². The number of anilines is 2. The second-order valence-electron chi connectivity index (χ2n) is 6.42. The van der Waals surface area contributed by atoms with Crippen molar-refractivity contribution in [3.8, 4) is 5.75 Å². The minimum atomic E-state index is -0.372. The molecule has 3 N–H and O–H groups in total. The minimum absolute atomic E-state index is 0.114. The summed E-state index contributed by atoms with van der Waals surface area (Å²) in [5, 5.41) is 16.9. The summed E-state index contributed by atoms with van der Waals surface area (Å²) in [4.78, 5) is 13.5. The minimum Gasteiger partial charge on any atom is -0.505 e. The van der Waals surface area contributed by atoms with Crippen molar-refractivity contribution in [1.29, 1.82) is 0 Å². The Morgan fingerprint density at radius 2 is 2.00 bits per heavy atom. The molecule has 1 aromatic carbocycles. The van der Waals surface area contributed by atoms with Crippen LogP contribution < -0.4 is 10.6 Å². The molecule has 9 heteroatoms. The molecule has 0 unspecified atom stereocenters. The first-order valence-electron chi connectivity index (χ1n) is 8.29. The number of benzene rings is 1. The third kappa shape index (κ3) is 4.32. The van der Waals surface area contributed by atoms with Crippen molar-refractivity contribution in [3.63, 3.8) is 0 Å². The molecule has 1 atom stereocenters. The van der Waals surface area contributed by atoms with Crippen LogP contribution in [0.5, 0.6) is 5.75 Å². The number of rotatable bonds is 3. The van der Waals surface area contributed by atoms with Gasteiger partial charge in [-0.1, -0.05) is 30.1 Å². The summed E-state index contributed by atoms with van der Waals surface area (Å²) in [5.41, 5.74) is 2.12. The summed E-state index contributed by atoms with van der Waals surface area (Å²) in [6.07, 6.45) is 2.83. The lowest BCUT2D eigenvalue weighted by Crippen LogP contribution is -2.20. The molecule has 0 bridgehead atoms. The highest BCUT2D eigenvalue weighted by Crippen LogP contribution is 2.40. The quantitative estimate of drug-likeness (QED) is 0.330. The van der Waals surface area contributed by atoms with Crippen LogP contribution in [0.3, 0.4) is 0 Å². The summed E-state index contributed by atoms with van der Waals surface area (Å²) in [7, 11) is 1.37. The highest BCUT2D eigenvalue weighted by molar-refractivity contribution is 7.80. The third-order valence-electron chi connectivity index (χ3n) is 4.40. The van der Waals surface area contributed by atoms with E-state index in [4.69, 9.17) is 40.2 Å². The lowest BCUT2D eigenvalue weighted by atomic mass is 9.88. The zero-order chi connectivity index (χ0) is 19.7. The van der Waals surface area contributed by atoms with Crippen LogP contribution in [0.4, 0.5) is 10.7 Å². The van der Waals surface area contributed by atoms with Gasteiger partial charge in [0.15, 0.2) is 10.9 Å². The number of nitrogens with one attached hydrogen (secondary N) is 2. The van der Waals surface area contributed by atoms with Crippen molar-refractivity contribution < 1.29 is 14.6 Å². The van der Waals surface area contributed by atoms with E-state index in [1.54, 1.807) is 0 Å². The largest absolute Gasteiger partial charge is 0.505 e. The van der Waals surface area contributed by atoms with Gasteiger partial charge in [0.1, 0.15) is 5.00 Å². The Bertz CT molecular complexity index is 891. The van der Waals surface area contributed by atoms with Crippen molar-refractivity contribution in [2.24, 2.45) is 5.92 Å². The van der Waals surface area contributed by atoms with Gasteiger partial charge in [0.25, 0.3) is 0 Å². The molecule has 0 spiro atoms. The Kier molecular flexibility index (Phi) is 6.15. The third-order valence-corrected chi connectivity index (χ3v) is 6.35. The first-order chi connectivity index (χ1) is 12.8. The predicted octanol–water partition coefficient (Wildman–Crippen LogP) is 5.48. The molecule has 0 saturated heterocycles. The highest BCUT2D eigenvalue weighted by atomic mass is 35.5. The number of thiophene rings is 1. The molecule has 0 radical (unpaired) electrons. The number of ether oxygens (including phenoxy) is 1. The number of methoxy groups -OCH3 is 1. The average molecular weight is 445 g/mol. The summed E-state index contributed by atoms with van der Waals surface area (Å²) >= 11 is 18.8. The summed E-state index contributed by atoms with van der Waals surface area (Å²) in [6.45, 7) is 2.21. The van der Waals surface area contributed by atoms with Gasteiger partial charge in [-0.05, 0) is 55.1 Å². The Morgan fingerprint density at radius 3 is 2.63 bits per heavy atom. The lowest BCUT2D eigenvalue weighted by molar-refractivity contribution is 0.0601. The number of carbonyl (C=O) groups excluding carboxylic acids is 1. The Balaban J connectivity index is 1.84. The molecule has 27 heavy (non-hydrogen) atoms. The number of thiocarbonyl (C=S) groups is 1. The predicted molar refractivity (Wildman–Crippen MR) is 115 cm³/mol. The number of hydrogen-bond donors (Lipinski definition) is 3. The highest BCUT2D eigenvalue weighted by Gasteiger charge is 2.28. The normalized spacial score (nSPS) is 15.8. The van der Waals surface area contributed by atoms with Gasteiger partial charge in [-0.25, -0.2) is 4.79 Å². The van der Waals surface area contributed by atoms with Crippen LogP contribution in [-0.4, -0.2) is 23.3 Å². The lowest BCUT2D eigenvalue weighted by Gasteiger charge is -2.18. The fourth-order valence-electron chi connectivity index (χ4n) is 3.06. The van der Waals surface area contributed by atoms with E-state index >= 15 is 0 Å². The van der Waals surface area contributed by atoms with E-state index in [0.717, 1.165) is 24.8 Å². The van der Waals surface area contributed by atoms with Crippen LogP contribution in [0, 0.1) is 5.92 Å². The van der Waals surface area contributed by atoms with E-state index in [-0.39, 0.29) is 26.9 Å². The van der Waals surface area contributed by atoms with Gasteiger partial charge in [-0.15, -0.1) is 11.3 Å². The van der Waals surface area contributed by atoms with Gasteiger partial charge in [0, 0.05) is 10.6 Å². The number of aromatic hydroxyl groups is 1. The molecular formula is C18H18Cl2N2O3S2. The van der Waals surface area contributed by atoms with Gasteiger partial charge in [-0.2, -0.15) is 0 Å². The van der Waals surface area contributed by atoms with Crippen molar-refractivity contribution in [2.75, 3.05) is 17.7 Å². The smallest absolute Gasteiger partial charge is 0.341 e. The van der Waals surface area contributed by atoms with E-state index in [1.165, 1.54) is 35.5 Å². The summed E-state index contributed by atoms with van der Waals surface area (Å²) in [6, 6.07) is 3.03. The molecule has 1 heterocycles. The molecule has 144 valence electrons. The number of esters is 1. The van der Waals surface area contributed by atoms with Crippen LogP contribution in [0.2, 0.25) is 10.0 Å². The summed E-state index contributed by atoms with van der Waals surface area (Å²) < 4.78 is 4.97. The summed E-state index contributed by atoms with van der Waals surface area (Å²) in [5.74, 6) is 0.0275. The van der Waals surface area contributed by atoms with E-state index in [0.29, 0.717) is 22.2 Å². The van der Waals surface area contributed by atoms with E-state index < -0.39 is 0 Å². The monoisotopic (exact) mass is 444 g/mol. The maximum atomic E-state index is 12.3. The Labute approximate surface area is 176 Å². The number of phenols is 1. The van der Waals surface area contributed by atoms with Crippen molar-refractivity contribution in [2.45, 2.75) is 26.2 Å². The number of carbonyl (C=O) groups is 1. The van der Waals surface area contributed by atoms with Gasteiger partial charge in [0.2, 0.25) is 0 Å². The zero-order valence-corrected chi connectivity index (χ0v) is 17.8. The molecule has 1 aromatic heterocycles. The van der Waals surface area contributed by atoms with Crippen LogP contribution in [0.15, 0.2) is 12.1 Å². The van der Waals surface area contributed by atoms with Crippen molar-refractivity contribution in [1.82, 2.24) is 0 Å². The standard InChI is InChI=1S/C18H18Cl2N2O3S2/c1-8-3-4-10-13(5-8)27-16(14(10)17(24)25-2)22-18(26)21-9-6-11(19)15(23)12(20)7-9/h6-8,23H,3-5H2,1-2H3,(H2,21,22,26)/t8-/m0/s1. The molecule has 1 aliphatic carbocycles. The molecule has 0 fully saturated rings.